The fourth-order valence-corrected chi connectivity index (χ4v) is 8.52. The number of amidine groups is 2. The number of ether oxygens (including phenoxy) is 1. The summed E-state index contributed by atoms with van der Waals surface area (Å²) in [5.41, 5.74) is 21.5. The molecule has 0 saturated carbocycles. The van der Waals surface area contributed by atoms with E-state index in [2.05, 4.69) is 131 Å². The Bertz CT molecular complexity index is 4550. The summed E-state index contributed by atoms with van der Waals surface area (Å²) < 4.78 is 107. The van der Waals surface area contributed by atoms with Gasteiger partial charge in [-0.2, -0.15) is 15.6 Å². The van der Waals surface area contributed by atoms with Crippen molar-refractivity contribution in [2.24, 2.45) is 56.6 Å². The minimum Gasteiger partial charge on any atom is -0.481 e. The van der Waals surface area contributed by atoms with Crippen LogP contribution in [-0.2, 0) is 59.7 Å². The second-order valence-corrected chi connectivity index (χ2v) is 25.3. The number of carboxylic acids is 2. The minimum absolute atomic E-state index is 0.0416. The zero-order valence-electron chi connectivity index (χ0n) is 66.2. The number of methoxy groups -OCH3 is 1. The molecule has 0 fully saturated rings. The number of anilines is 3. The Morgan fingerprint density at radius 2 is 0.712 bits per heavy atom. The van der Waals surface area contributed by atoms with Gasteiger partial charge in [-0.15, -0.1) is 15.3 Å². The normalized spacial score (nSPS) is 13.7. The Labute approximate surface area is 666 Å². The van der Waals surface area contributed by atoms with Gasteiger partial charge in [0.15, 0.2) is 23.3 Å². The van der Waals surface area contributed by atoms with Crippen LogP contribution >= 0.6 is 0 Å². The smallest absolute Gasteiger partial charge is 0.441 e. The van der Waals surface area contributed by atoms with E-state index in [1.165, 1.54) is 57.4 Å². The van der Waals surface area contributed by atoms with E-state index < -0.39 is 88.0 Å². The molecular weight excluding hydrogens is 1580 g/mol. The van der Waals surface area contributed by atoms with E-state index in [-0.39, 0.29) is 124 Å². The Balaban J connectivity index is 0.000000481. The highest BCUT2D eigenvalue weighted by atomic mass is 19.1. The highest BCUT2D eigenvalue weighted by Crippen LogP contribution is 2.17. The van der Waals surface area contributed by atoms with Gasteiger partial charge in [0, 0.05) is 11.8 Å². The highest BCUT2D eigenvalue weighted by molar-refractivity contribution is 5.93. The molecule has 650 valence electrons. The van der Waals surface area contributed by atoms with E-state index >= 15 is 0 Å². The number of aliphatic carboxylic acids is 2. The van der Waals surface area contributed by atoms with Crippen molar-refractivity contribution in [1.29, 1.82) is 0 Å². The zero-order chi connectivity index (χ0) is 88.6. The fourth-order valence-electron chi connectivity index (χ4n) is 8.52. The predicted octanol–water partition coefficient (Wildman–Crippen LogP) is 4.10. The molecular formula is C66H97F6N29O17. The number of aromatic amines is 3. The summed E-state index contributed by atoms with van der Waals surface area (Å²) in [6.07, 6.45) is 12.0. The molecule has 6 atom stereocenters. The molecule has 46 nitrogen and oxygen atoms in total. The number of nitrogens with two attached hydrogens (primary N) is 4. The first kappa shape index (κ1) is 101. The first-order valence-corrected chi connectivity index (χ1v) is 35.6. The number of carbonyl (C=O) groups excluding carboxylic acids is 4. The molecule has 0 bridgehead atoms. The van der Waals surface area contributed by atoms with Gasteiger partial charge in [0.25, 0.3) is 17.8 Å². The Kier molecular flexibility index (Phi) is 46.5. The van der Waals surface area contributed by atoms with Crippen LogP contribution in [0.1, 0.15) is 142 Å². The predicted molar refractivity (Wildman–Crippen MR) is 405 cm³/mol. The topological polar surface area (TPSA) is 672 Å². The van der Waals surface area contributed by atoms with Crippen LogP contribution in [0, 0.1) is 51.4 Å². The van der Waals surface area contributed by atoms with Gasteiger partial charge in [-0.1, -0.05) is 100 Å². The third kappa shape index (κ3) is 41.6. The molecule has 0 aliphatic heterocycles. The molecule has 52 heteroatoms. The average Bonchev–Trinajstić information content (AvgIpc) is 1.74. The Hall–Kier alpha value is -13.3. The molecule has 0 radical (unpaired) electrons. The van der Waals surface area contributed by atoms with Crippen LogP contribution in [0.25, 0.3) is 0 Å². The number of nitrogens with one attached hydrogen (secondary N) is 6. The summed E-state index contributed by atoms with van der Waals surface area (Å²) in [4.78, 5) is 119. The van der Waals surface area contributed by atoms with Gasteiger partial charge in [0.05, 0.1) is 75.9 Å². The van der Waals surface area contributed by atoms with Crippen molar-refractivity contribution in [2.75, 3.05) is 36.1 Å². The number of hydrogen-bond donors (Lipinski definition) is 12. The summed E-state index contributed by atoms with van der Waals surface area (Å²) in [7, 11) is 1.32. The quantitative estimate of drug-likeness (QED) is 0.0112. The van der Waals surface area contributed by atoms with Crippen LogP contribution in [0.2, 0.25) is 0 Å². The maximum absolute atomic E-state index is 13.8. The lowest BCUT2D eigenvalue weighted by Gasteiger charge is -2.08. The number of hydrogen-bond acceptors (Lipinski definition) is 32. The number of H-pyrrole nitrogens is 3. The third-order valence-corrected chi connectivity index (χ3v) is 15.5. The third-order valence-electron chi connectivity index (χ3n) is 15.5. The van der Waals surface area contributed by atoms with Crippen molar-refractivity contribution in [3.63, 3.8) is 0 Å². The number of esters is 1. The van der Waals surface area contributed by atoms with Crippen molar-refractivity contribution >= 4 is 65.1 Å². The van der Waals surface area contributed by atoms with Crippen molar-refractivity contribution < 1.29 is 88.2 Å². The lowest BCUT2D eigenvalue weighted by Crippen LogP contribution is -2.35. The zero-order valence-corrected chi connectivity index (χ0v) is 66.2. The van der Waals surface area contributed by atoms with Gasteiger partial charge in [-0.25, -0.2) is 45.5 Å². The molecule has 0 aliphatic rings. The van der Waals surface area contributed by atoms with Gasteiger partial charge < -0.3 is 37.9 Å². The monoisotopic (exact) mass is 1680 g/mol. The number of tetrazole rings is 3. The minimum atomic E-state index is -1.13. The van der Waals surface area contributed by atoms with E-state index in [1.807, 2.05) is 0 Å². The number of carbonyl (C=O) groups is 6. The van der Waals surface area contributed by atoms with E-state index in [0.717, 1.165) is 18.3 Å². The van der Waals surface area contributed by atoms with E-state index in [1.54, 1.807) is 55.4 Å². The lowest BCUT2D eigenvalue weighted by atomic mass is 10.0. The molecule has 6 unspecified atom stereocenters. The molecule has 3 amide bonds. The number of aromatic nitrogens is 20. The maximum atomic E-state index is 13.8. The van der Waals surface area contributed by atoms with Crippen molar-refractivity contribution in [3.05, 3.63) is 137 Å². The molecule has 7 aromatic rings. The average molecular weight is 1680 g/mol. The molecule has 118 heavy (non-hydrogen) atoms. The Morgan fingerprint density at radius 1 is 0.441 bits per heavy atom. The first-order valence-electron chi connectivity index (χ1n) is 35.6. The number of aliphatic imine (C=N–C) groups is 2. The van der Waals surface area contributed by atoms with Crippen LogP contribution in [0.15, 0.2) is 119 Å². The van der Waals surface area contributed by atoms with Gasteiger partial charge in [0.2, 0.25) is 17.7 Å². The number of rotatable bonds is 39. The molecule has 0 aromatic carbocycles. The molecule has 7 heterocycles. The van der Waals surface area contributed by atoms with Gasteiger partial charge in [-0.05, 0) is 134 Å². The molecule has 7 rings (SSSR count). The summed E-state index contributed by atoms with van der Waals surface area (Å²) in [6, 6.07) is -1.81. The number of amides is 3. The van der Waals surface area contributed by atoms with Crippen molar-refractivity contribution in [2.45, 2.75) is 185 Å². The highest BCUT2D eigenvalue weighted by Gasteiger charge is 2.20. The largest absolute Gasteiger partial charge is 0.481 e. The molecule has 0 aliphatic carbocycles. The standard InChI is InChI=1S/C12H16FN7O3.C12H17FN2O4.C11H18FN7O.C11H15FN2O4.C10H17FN8O.C10H14FN3O4/c1-7(10(21)14-11-15-18-19-16-11)4-3-5-9(13)6-20-8(2)17-23-12(20)22;1-8(11(16)18-3)5-4-6-10(13)7-15-9(2)14-19-12(15)17;1-7(10(20)15-11-16-18-19-17-11)4-3-5-9(12)6-14-8(2)13;1-7(10(15)16)4-3-5-9(12)6-14-8(2)13-18-11(14)17;1-6(12)14-5-7(11)3-2-4-8(13)9(20)15-10-16-18-19-17-10;1-6-13-18-10(17)14(6)5-7(11)3-2-4-8(12)9(15)16/h5,7H,3-4,6H2,1-2H3,(H2,14,15,16,18,19,21);6,8H,4-5,7H2,1-3H3;5,7H,3-4,6H2,1-2H3,(H2,13,14)(H2,15,16,17,18,19,20);5,7H,3-4,6H2,1-2H3,(H,15,16);3,8H,2,4-5,13H2,1H3,(H2,12,14)(H2,15,16,17,18,19,20);3,8H,2,4-5,12H2,1H3,(H,15,16)/b9-5+;10-6+;2*9-5+;2*7-3+. The van der Waals surface area contributed by atoms with Crippen molar-refractivity contribution in [3.8, 4) is 0 Å². The van der Waals surface area contributed by atoms with Crippen LogP contribution in [-0.4, -0.2) is 191 Å². The van der Waals surface area contributed by atoms with Gasteiger partial charge >= 0.3 is 40.9 Å². The van der Waals surface area contributed by atoms with E-state index in [4.69, 9.17) is 33.1 Å². The Morgan fingerprint density at radius 3 is 0.966 bits per heavy atom. The molecule has 0 saturated heterocycles. The van der Waals surface area contributed by atoms with Crippen LogP contribution in [0.4, 0.5) is 44.2 Å². The van der Waals surface area contributed by atoms with Crippen LogP contribution in [0.5, 0.6) is 0 Å². The fraction of sp³-hybridized carbons (Fsp3) is 0.530. The van der Waals surface area contributed by atoms with Gasteiger partial charge in [0.1, 0.15) is 41.0 Å². The number of allylic oxidation sites excluding steroid dienone is 10. The molecule has 7 aromatic heterocycles. The maximum Gasteiger partial charge on any atom is 0.441 e. The second-order valence-electron chi connectivity index (χ2n) is 25.3. The summed E-state index contributed by atoms with van der Waals surface area (Å²) in [6.45, 7) is 14.9. The van der Waals surface area contributed by atoms with Crippen molar-refractivity contribution in [1.82, 2.24) is 101 Å². The van der Waals surface area contributed by atoms with Crippen LogP contribution in [0.3, 0.4) is 0 Å². The van der Waals surface area contributed by atoms with Crippen LogP contribution < -0.4 is 61.9 Å². The summed E-state index contributed by atoms with van der Waals surface area (Å²) >= 11 is 0. The number of aryl methyl sites for hydroxylation is 4. The second kappa shape index (κ2) is 54.4. The SMILES string of the molecule is CC(N)=NC/C(F)=C\CCC(C)C(=O)Nc1nn[nH]n1.CC(N)=NC/C(F)=C\CCC(N)C(=O)Nc1nn[nH]n1.COC(=O)C(C)CC/C=C(/F)Cn1c(C)noc1=O.Cc1noc(=O)n1C/C(F)=C\CCC(C)C(=O)Nc1nn[nH]n1.Cc1noc(=O)n1C/C(F)=C\CCC(C)C(=O)O.Cc1noc(=O)n1C/C(F)=C\CCC(N)C(=O)O. The number of nitrogens with zero attached hydrogens (tertiary/aromatic N) is 19. The molecule has 0 spiro atoms. The number of carboxylic acid groups (broad SMARTS) is 2. The lowest BCUT2D eigenvalue weighted by molar-refractivity contribution is -0.145. The first-order chi connectivity index (χ1) is 55.7. The summed E-state index contributed by atoms with van der Waals surface area (Å²) in [5.74, 6) is -8.40. The molecule has 16 N–H and O–H groups in total. The van der Waals surface area contributed by atoms with E-state index in [9.17, 15) is 74.3 Å². The van der Waals surface area contributed by atoms with Gasteiger partial charge in [-0.3, -0.25) is 91.1 Å². The summed E-state index contributed by atoms with van der Waals surface area (Å²) in [5, 5.41) is 76.3. The number of halogens is 6. The van der Waals surface area contributed by atoms with E-state index in [0.29, 0.717) is 86.9 Å².